The van der Waals surface area contributed by atoms with E-state index in [1.165, 1.54) is 0 Å². The monoisotopic (exact) mass is 248 g/mol. The van der Waals surface area contributed by atoms with E-state index in [-0.39, 0.29) is 5.69 Å². The minimum atomic E-state index is -0.427. The van der Waals surface area contributed by atoms with Gasteiger partial charge in [0, 0.05) is 12.5 Å². The van der Waals surface area contributed by atoms with Crippen LogP contribution >= 0.6 is 0 Å². The number of rotatable bonds is 7. The van der Waals surface area contributed by atoms with Crippen molar-refractivity contribution in [2.45, 2.75) is 32.6 Å². The van der Waals surface area contributed by atoms with Crippen LogP contribution in [0.15, 0.2) is 18.2 Å². The lowest BCUT2D eigenvalue weighted by Gasteiger charge is -2.07. The first-order valence-corrected chi connectivity index (χ1v) is 5.96. The molecule has 0 fully saturated rings. The second kappa shape index (κ2) is 7.28. The molecule has 0 saturated heterocycles. The second-order valence-electron chi connectivity index (χ2n) is 3.88. The van der Waals surface area contributed by atoms with Gasteiger partial charge in [-0.15, -0.1) is 0 Å². The third-order valence-corrected chi connectivity index (χ3v) is 2.57. The average Bonchev–Trinajstić information content (AvgIpc) is 2.38. The molecule has 0 saturated carbocycles. The number of nitriles is 1. The fourth-order valence-corrected chi connectivity index (χ4v) is 1.54. The number of nitro benzene ring substituents is 1. The summed E-state index contributed by atoms with van der Waals surface area (Å²) in [4.78, 5) is 10.5. The van der Waals surface area contributed by atoms with Gasteiger partial charge >= 0.3 is 5.69 Å². The summed E-state index contributed by atoms with van der Waals surface area (Å²) in [5.74, 6) is 0.300. The van der Waals surface area contributed by atoms with Gasteiger partial charge in [0.15, 0.2) is 5.75 Å². The number of benzene rings is 1. The molecular weight excluding hydrogens is 232 g/mol. The van der Waals surface area contributed by atoms with Crippen molar-refractivity contribution in [1.29, 1.82) is 5.26 Å². The van der Waals surface area contributed by atoms with E-state index < -0.39 is 4.92 Å². The maximum Gasteiger partial charge on any atom is 0.311 e. The van der Waals surface area contributed by atoms with Gasteiger partial charge in [0.1, 0.15) is 0 Å². The highest BCUT2D eigenvalue weighted by Gasteiger charge is 2.15. The summed E-state index contributed by atoms with van der Waals surface area (Å²) in [5.41, 5.74) is 0.924. The van der Waals surface area contributed by atoms with Gasteiger partial charge in [-0.3, -0.25) is 10.1 Å². The van der Waals surface area contributed by atoms with Gasteiger partial charge in [0.2, 0.25) is 0 Å². The van der Waals surface area contributed by atoms with Gasteiger partial charge in [0.25, 0.3) is 0 Å². The molecule has 0 aliphatic carbocycles. The molecule has 0 unspecified atom stereocenters. The van der Waals surface area contributed by atoms with E-state index in [4.69, 9.17) is 10.00 Å². The maximum atomic E-state index is 10.9. The number of ether oxygens (including phenoxy) is 1. The number of unbranched alkanes of at least 4 members (excludes halogenated alkanes) is 2. The Balaban J connectivity index is 2.64. The van der Waals surface area contributed by atoms with Crippen molar-refractivity contribution in [1.82, 2.24) is 0 Å². The molecule has 1 rings (SSSR count). The first-order chi connectivity index (χ1) is 8.69. The molecule has 1 aromatic carbocycles. The zero-order chi connectivity index (χ0) is 13.4. The van der Waals surface area contributed by atoms with Crippen LogP contribution in [0.1, 0.15) is 31.7 Å². The predicted molar refractivity (Wildman–Crippen MR) is 67.4 cm³/mol. The summed E-state index contributed by atoms with van der Waals surface area (Å²) >= 11 is 0. The van der Waals surface area contributed by atoms with Crippen molar-refractivity contribution < 1.29 is 9.66 Å². The summed E-state index contributed by atoms with van der Waals surface area (Å²) in [6, 6.07) is 7.06. The van der Waals surface area contributed by atoms with Crippen LogP contribution in [0.3, 0.4) is 0 Å². The highest BCUT2D eigenvalue weighted by atomic mass is 16.6. The topological polar surface area (TPSA) is 76.2 Å². The Kier molecular flexibility index (Phi) is 5.65. The van der Waals surface area contributed by atoms with Gasteiger partial charge in [-0.2, -0.15) is 5.26 Å². The fourth-order valence-electron chi connectivity index (χ4n) is 1.54. The van der Waals surface area contributed by atoms with Crippen molar-refractivity contribution in [3.8, 4) is 11.8 Å². The van der Waals surface area contributed by atoms with Gasteiger partial charge in [-0.25, -0.2) is 0 Å². The van der Waals surface area contributed by atoms with Gasteiger partial charge in [0.05, 0.1) is 17.6 Å². The lowest BCUT2D eigenvalue weighted by Crippen LogP contribution is -2.01. The zero-order valence-electron chi connectivity index (χ0n) is 10.4. The number of nitrogens with zero attached hydrogens (tertiary/aromatic N) is 2. The van der Waals surface area contributed by atoms with Crippen LogP contribution in [0.2, 0.25) is 0 Å². The molecule has 0 aliphatic rings. The SMILES string of the molecule is CCc1ccc(OCCCCC#N)c([N+](=O)[O-])c1. The number of hydrogen-bond acceptors (Lipinski definition) is 4. The van der Waals surface area contributed by atoms with Gasteiger partial charge in [-0.05, 0) is 30.9 Å². The zero-order valence-corrected chi connectivity index (χ0v) is 10.4. The summed E-state index contributed by atoms with van der Waals surface area (Å²) in [6.45, 7) is 2.34. The first kappa shape index (κ1) is 14.0. The molecule has 0 atom stereocenters. The van der Waals surface area contributed by atoms with E-state index in [2.05, 4.69) is 0 Å². The van der Waals surface area contributed by atoms with Gasteiger partial charge in [-0.1, -0.05) is 13.0 Å². The van der Waals surface area contributed by atoms with Crippen LogP contribution in [0, 0.1) is 21.4 Å². The predicted octanol–water partition coefficient (Wildman–Crippen LogP) is 3.23. The molecule has 0 amide bonds. The number of nitro groups is 1. The normalized spacial score (nSPS) is 9.78. The largest absolute Gasteiger partial charge is 0.487 e. The molecular formula is C13H16N2O3. The van der Waals surface area contributed by atoms with E-state index >= 15 is 0 Å². The molecule has 0 aromatic heterocycles. The smallest absolute Gasteiger partial charge is 0.311 e. The first-order valence-electron chi connectivity index (χ1n) is 5.96. The van der Waals surface area contributed by atoms with Crippen molar-refractivity contribution in [2.75, 3.05) is 6.61 Å². The van der Waals surface area contributed by atoms with E-state index in [9.17, 15) is 10.1 Å². The Morgan fingerprint density at radius 1 is 1.44 bits per heavy atom. The Bertz CT molecular complexity index is 452. The highest BCUT2D eigenvalue weighted by Crippen LogP contribution is 2.28. The molecule has 0 spiro atoms. The number of hydrogen-bond donors (Lipinski definition) is 0. The van der Waals surface area contributed by atoms with E-state index in [0.717, 1.165) is 24.8 Å². The Hall–Kier alpha value is -2.09. The lowest BCUT2D eigenvalue weighted by atomic mass is 10.1. The molecule has 5 heteroatoms. The Morgan fingerprint density at radius 3 is 2.83 bits per heavy atom. The second-order valence-corrected chi connectivity index (χ2v) is 3.88. The fraction of sp³-hybridized carbons (Fsp3) is 0.462. The molecule has 0 radical (unpaired) electrons. The summed E-state index contributed by atoms with van der Waals surface area (Å²) in [7, 11) is 0. The molecule has 96 valence electrons. The van der Waals surface area contributed by atoms with Crippen LogP contribution in [-0.2, 0) is 6.42 Å². The molecule has 1 aromatic rings. The van der Waals surface area contributed by atoms with Crippen molar-refractivity contribution in [3.05, 3.63) is 33.9 Å². The minimum absolute atomic E-state index is 0.00892. The molecule has 0 N–H and O–H groups in total. The summed E-state index contributed by atoms with van der Waals surface area (Å²) in [6.07, 6.45) is 2.71. The van der Waals surface area contributed by atoms with Crippen LogP contribution in [0.25, 0.3) is 0 Å². The maximum absolute atomic E-state index is 10.9. The minimum Gasteiger partial charge on any atom is -0.487 e. The average molecular weight is 248 g/mol. The van der Waals surface area contributed by atoms with Gasteiger partial charge < -0.3 is 4.74 Å². The summed E-state index contributed by atoms with van der Waals surface area (Å²) in [5, 5.41) is 19.3. The van der Waals surface area contributed by atoms with E-state index in [1.807, 2.05) is 19.1 Å². The Morgan fingerprint density at radius 2 is 2.22 bits per heavy atom. The Labute approximate surface area is 106 Å². The molecule has 18 heavy (non-hydrogen) atoms. The van der Waals surface area contributed by atoms with Crippen LogP contribution < -0.4 is 4.74 Å². The third kappa shape index (κ3) is 4.06. The standard InChI is InChI=1S/C13H16N2O3/c1-2-11-6-7-13(12(10-11)15(16)17)18-9-5-3-4-8-14/h6-7,10H,2-5,9H2,1H3. The summed E-state index contributed by atoms with van der Waals surface area (Å²) < 4.78 is 5.39. The van der Waals surface area contributed by atoms with Crippen molar-refractivity contribution in [3.63, 3.8) is 0 Å². The quantitative estimate of drug-likeness (QED) is 0.421. The highest BCUT2D eigenvalue weighted by molar-refractivity contribution is 5.48. The molecule has 0 heterocycles. The number of aryl methyl sites for hydroxylation is 1. The molecule has 5 nitrogen and oxygen atoms in total. The van der Waals surface area contributed by atoms with Crippen molar-refractivity contribution in [2.24, 2.45) is 0 Å². The molecule has 0 bridgehead atoms. The molecule has 0 aliphatic heterocycles. The van der Waals surface area contributed by atoms with Crippen LogP contribution in [0.5, 0.6) is 5.75 Å². The van der Waals surface area contributed by atoms with E-state index in [1.54, 1.807) is 12.1 Å². The van der Waals surface area contributed by atoms with Crippen molar-refractivity contribution >= 4 is 5.69 Å². The lowest BCUT2D eigenvalue weighted by molar-refractivity contribution is -0.385. The third-order valence-electron chi connectivity index (χ3n) is 2.57. The van der Waals surface area contributed by atoms with Crippen LogP contribution in [-0.4, -0.2) is 11.5 Å². The van der Waals surface area contributed by atoms with E-state index in [0.29, 0.717) is 18.8 Å². The van der Waals surface area contributed by atoms with Crippen LogP contribution in [0.4, 0.5) is 5.69 Å².